The number of rotatable bonds is 13. The van der Waals surface area contributed by atoms with Crippen molar-refractivity contribution in [2.45, 2.75) is 90.7 Å². The summed E-state index contributed by atoms with van der Waals surface area (Å²) in [5, 5.41) is 3.64. The van der Waals surface area contributed by atoms with E-state index in [2.05, 4.69) is 39.0 Å². The first kappa shape index (κ1) is 35.9. The number of benzene rings is 1. The van der Waals surface area contributed by atoms with Crippen molar-refractivity contribution in [2.75, 3.05) is 50.5 Å². The van der Waals surface area contributed by atoms with Gasteiger partial charge in [-0.15, -0.1) is 0 Å². The van der Waals surface area contributed by atoms with E-state index in [0.29, 0.717) is 37.7 Å². The van der Waals surface area contributed by atoms with E-state index in [1.54, 1.807) is 7.05 Å². The zero-order valence-electron chi connectivity index (χ0n) is 28.2. The van der Waals surface area contributed by atoms with E-state index < -0.39 is 52.1 Å². The lowest BCUT2D eigenvalue weighted by Gasteiger charge is -2.25. The van der Waals surface area contributed by atoms with Crippen LogP contribution in [0.25, 0.3) is 22.2 Å². The van der Waals surface area contributed by atoms with Crippen LogP contribution in [0.2, 0.25) is 0 Å². The summed E-state index contributed by atoms with van der Waals surface area (Å²) < 4.78 is 95.3. The van der Waals surface area contributed by atoms with Gasteiger partial charge in [-0.1, -0.05) is 27.2 Å². The number of alkyl halides is 4. The smallest absolute Gasteiger partial charge is 0.417 e. The second-order valence-corrected chi connectivity index (χ2v) is 13.4. The fourth-order valence-corrected chi connectivity index (χ4v) is 6.93. The van der Waals surface area contributed by atoms with Gasteiger partial charge in [0.25, 0.3) is 0 Å². The Morgan fingerprint density at radius 1 is 1.15 bits per heavy atom. The van der Waals surface area contributed by atoms with Crippen LogP contribution in [0.4, 0.5) is 37.8 Å². The molecule has 3 unspecified atom stereocenters. The summed E-state index contributed by atoms with van der Waals surface area (Å²) in [6.45, 7) is 9.76. The third-order valence-electron chi connectivity index (χ3n) is 9.39. The molecule has 2 aliphatic rings. The highest BCUT2D eigenvalue weighted by Gasteiger charge is 2.44. The van der Waals surface area contributed by atoms with Crippen molar-refractivity contribution in [1.29, 1.82) is 0 Å². The van der Waals surface area contributed by atoms with Crippen LogP contribution in [0, 0.1) is 24.5 Å². The molecule has 0 radical (unpaired) electrons. The van der Waals surface area contributed by atoms with E-state index >= 15 is 4.39 Å². The summed E-state index contributed by atoms with van der Waals surface area (Å²) >= 11 is 0. The molecular formula is C34H45F6N7O. The zero-order chi connectivity index (χ0) is 34.9. The standard InChI is InChI=1S/C34H45F6N7O/c1-6-8-24-26-31(29(37)30(43-24)21-16-23(41)28(36)19(4)27(21)34(38,39)40)44-33(45-32(26)46(5)14-12-42-11-10-18(2)3)48-17-20-15-22(35)25-9-7-13-47(20)25/h16,18,20,22,25,42H,6-15,17,41H2,1-5H3. The maximum Gasteiger partial charge on any atom is 0.417 e. The Kier molecular flexibility index (Phi) is 10.9. The van der Waals surface area contributed by atoms with Crippen molar-refractivity contribution in [3.8, 4) is 17.3 Å². The molecule has 2 saturated heterocycles. The van der Waals surface area contributed by atoms with Gasteiger partial charge in [0.2, 0.25) is 0 Å². The molecule has 1 aromatic carbocycles. The normalized spacial score (nSPS) is 19.9. The van der Waals surface area contributed by atoms with Gasteiger partial charge in [-0.3, -0.25) is 4.90 Å². The van der Waals surface area contributed by atoms with Crippen molar-refractivity contribution in [3.63, 3.8) is 0 Å². The molecule has 0 amide bonds. The molecule has 264 valence electrons. The van der Waals surface area contributed by atoms with Gasteiger partial charge in [-0.05, 0) is 69.7 Å². The van der Waals surface area contributed by atoms with Crippen LogP contribution in [0.3, 0.4) is 0 Å². The Labute approximate surface area is 277 Å². The molecule has 2 aliphatic heterocycles. The average molecular weight is 682 g/mol. The lowest BCUT2D eigenvalue weighted by molar-refractivity contribution is -0.137. The number of ether oxygens (including phenoxy) is 1. The van der Waals surface area contributed by atoms with E-state index in [9.17, 15) is 22.0 Å². The number of likely N-dealkylation sites (N-methyl/N-ethyl adjacent to an activating group) is 1. The number of hydrogen-bond acceptors (Lipinski definition) is 8. The van der Waals surface area contributed by atoms with Gasteiger partial charge in [0.05, 0.1) is 22.3 Å². The molecule has 0 spiro atoms. The van der Waals surface area contributed by atoms with Crippen LogP contribution in [-0.4, -0.2) is 77.9 Å². The number of aryl methyl sites for hydroxylation is 1. The summed E-state index contributed by atoms with van der Waals surface area (Å²) in [7, 11) is 1.78. The fraction of sp³-hybridized carbons (Fsp3) is 0.618. The second-order valence-electron chi connectivity index (χ2n) is 13.4. The van der Waals surface area contributed by atoms with Gasteiger partial charge in [0.15, 0.2) is 5.82 Å². The highest BCUT2D eigenvalue weighted by Crippen LogP contribution is 2.44. The summed E-state index contributed by atoms with van der Waals surface area (Å²) in [6.07, 6.45) is -2.25. The second kappa shape index (κ2) is 14.6. The van der Waals surface area contributed by atoms with Gasteiger partial charge in [-0.2, -0.15) is 23.1 Å². The Morgan fingerprint density at radius 3 is 2.58 bits per heavy atom. The minimum atomic E-state index is -5.03. The monoisotopic (exact) mass is 681 g/mol. The van der Waals surface area contributed by atoms with Crippen LogP contribution in [0.15, 0.2) is 6.07 Å². The average Bonchev–Trinajstić information content (AvgIpc) is 3.62. The number of fused-ring (bicyclic) bond motifs is 2. The number of nitrogens with two attached hydrogens (primary N) is 1. The van der Waals surface area contributed by atoms with Gasteiger partial charge in [0, 0.05) is 37.8 Å². The van der Waals surface area contributed by atoms with Crippen molar-refractivity contribution < 1.29 is 31.1 Å². The predicted octanol–water partition coefficient (Wildman–Crippen LogP) is 6.86. The predicted molar refractivity (Wildman–Crippen MR) is 175 cm³/mol. The third-order valence-corrected chi connectivity index (χ3v) is 9.39. The number of aromatic nitrogens is 3. The molecule has 2 fully saturated rings. The lowest BCUT2D eigenvalue weighted by atomic mass is 9.95. The van der Waals surface area contributed by atoms with Gasteiger partial charge >= 0.3 is 12.2 Å². The molecular weight excluding hydrogens is 636 g/mol. The van der Waals surface area contributed by atoms with Crippen LogP contribution in [-0.2, 0) is 12.6 Å². The Bertz CT molecular complexity index is 1620. The molecule has 2 aromatic heterocycles. The fourth-order valence-electron chi connectivity index (χ4n) is 6.93. The number of pyridine rings is 1. The molecule has 48 heavy (non-hydrogen) atoms. The molecule has 3 atom stereocenters. The topological polar surface area (TPSA) is 92.4 Å². The zero-order valence-corrected chi connectivity index (χ0v) is 28.2. The van der Waals surface area contributed by atoms with Crippen molar-refractivity contribution in [3.05, 3.63) is 34.5 Å². The Balaban J connectivity index is 1.63. The quantitative estimate of drug-likeness (QED) is 0.115. The first-order valence-corrected chi connectivity index (χ1v) is 16.7. The maximum atomic E-state index is 16.7. The van der Waals surface area contributed by atoms with E-state index in [4.69, 9.17) is 10.5 Å². The van der Waals surface area contributed by atoms with E-state index in [-0.39, 0.29) is 47.7 Å². The molecule has 14 heteroatoms. The first-order chi connectivity index (χ1) is 22.7. The Hall–Kier alpha value is -3.39. The maximum absolute atomic E-state index is 16.7. The Morgan fingerprint density at radius 2 is 1.90 bits per heavy atom. The van der Waals surface area contributed by atoms with Gasteiger partial charge in [0.1, 0.15) is 35.6 Å². The summed E-state index contributed by atoms with van der Waals surface area (Å²) in [6, 6.07) is 0.218. The number of hydrogen-bond donors (Lipinski definition) is 2. The van der Waals surface area contributed by atoms with Crippen LogP contribution >= 0.6 is 0 Å². The van der Waals surface area contributed by atoms with Crippen LogP contribution in [0.1, 0.15) is 69.7 Å². The van der Waals surface area contributed by atoms with Gasteiger partial charge < -0.3 is 20.7 Å². The lowest BCUT2D eigenvalue weighted by Crippen LogP contribution is -2.36. The number of halogens is 6. The third kappa shape index (κ3) is 7.29. The number of nitrogens with zero attached hydrogens (tertiary/aromatic N) is 5. The van der Waals surface area contributed by atoms with E-state index in [1.165, 1.54) is 0 Å². The molecule has 0 aliphatic carbocycles. The molecule has 5 rings (SSSR count). The van der Waals surface area contributed by atoms with Crippen molar-refractivity contribution >= 4 is 22.4 Å². The van der Waals surface area contributed by atoms with Gasteiger partial charge in [-0.25, -0.2) is 18.2 Å². The molecule has 3 aromatic rings. The molecule has 8 nitrogen and oxygen atoms in total. The minimum Gasteiger partial charge on any atom is -0.462 e. The number of nitrogen functional groups attached to an aromatic ring is 1. The summed E-state index contributed by atoms with van der Waals surface area (Å²) in [5.41, 5.74) is 1.78. The molecule has 0 saturated carbocycles. The highest BCUT2D eigenvalue weighted by molar-refractivity contribution is 5.95. The molecule has 3 N–H and O–H groups in total. The largest absolute Gasteiger partial charge is 0.462 e. The van der Waals surface area contributed by atoms with Crippen molar-refractivity contribution in [1.82, 2.24) is 25.2 Å². The first-order valence-electron chi connectivity index (χ1n) is 16.7. The number of anilines is 2. The van der Waals surface area contributed by atoms with Crippen LogP contribution < -0.4 is 20.7 Å². The van der Waals surface area contributed by atoms with E-state index in [0.717, 1.165) is 45.3 Å². The van der Waals surface area contributed by atoms with Crippen molar-refractivity contribution in [2.24, 2.45) is 5.92 Å². The molecule has 0 bridgehead atoms. The van der Waals surface area contributed by atoms with E-state index in [1.807, 2.05) is 11.8 Å². The van der Waals surface area contributed by atoms with Crippen LogP contribution in [0.5, 0.6) is 6.01 Å². The SMILES string of the molecule is CCCc1nc(-c2cc(N)c(F)c(C)c2C(F)(F)F)c(F)c2nc(OCC3CC(F)C4CCCN34)nc(N(C)CCNCCC(C)C)c12. The minimum absolute atomic E-state index is 0.0651. The highest BCUT2D eigenvalue weighted by atomic mass is 19.4. The number of nitrogens with one attached hydrogen (secondary N) is 1. The summed E-state index contributed by atoms with van der Waals surface area (Å²) in [4.78, 5) is 17.4. The molecule has 4 heterocycles. The summed E-state index contributed by atoms with van der Waals surface area (Å²) in [5.74, 6) is -1.53.